The van der Waals surface area contributed by atoms with Crippen molar-refractivity contribution in [2.45, 2.75) is 90.9 Å². The average Bonchev–Trinajstić information content (AvgIpc) is 2.45. The molecule has 0 rings (SSSR count). The summed E-state index contributed by atoms with van der Waals surface area (Å²) in [5, 5.41) is 0. The van der Waals surface area contributed by atoms with Gasteiger partial charge in [0.2, 0.25) is 0 Å². The van der Waals surface area contributed by atoms with Gasteiger partial charge in [-0.2, -0.15) is 0 Å². The highest BCUT2D eigenvalue weighted by Gasteiger charge is 2.18. The van der Waals surface area contributed by atoms with E-state index in [0.29, 0.717) is 13.2 Å². The molecule has 0 aromatic heterocycles. The van der Waals surface area contributed by atoms with E-state index in [-0.39, 0.29) is 0 Å². The molecule has 0 spiro atoms. The van der Waals surface area contributed by atoms with Crippen LogP contribution in [-0.4, -0.2) is 13.2 Å². The summed E-state index contributed by atoms with van der Waals surface area (Å²) in [4.78, 5) is 0. The molecule has 0 saturated carbocycles. The van der Waals surface area contributed by atoms with Crippen molar-refractivity contribution in [3.63, 3.8) is 0 Å². The second-order valence-electron chi connectivity index (χ2n) is 5.70. The van der Waals surface area contributed by atoms with Gasteiger partial charge in [-0.15, -0.1) is 5.50 Å². The molecule has 1 N–H and O–H groups in total. The van der Waals surface area contributed by atoms with Gasteiger partial charge in [0.1, 0.15) is 0 Å². The molecule has 0 aromatic carbocycles. The molecule has 5 heteroatoms. The zero-order valence-electron chi connectivity index (χ0n) is 14.1. The lowest BCUT2D eigenvalue weighted by molar-refractivity contribution is 0.196. The van der Waals surface area contributed by atoms with Crippen LogP contribution in [-0.2, 0) is 13.6 Å². The van der Waals surface area contributed by atoms with E-state index in [1.807, 2.05) is 0 Å². The van der Waals surface area contributed by atoms with Gasteiger partial charge in [0.15, 0.2) is 0 Å². The SMILES string of the molecule is CCCCCCCCOP([NH])(=O)OCCCCCCCC. The van der Waals surface area contributed by atoms with Gasteiger partial charge < -0.3 is 0 Å². The Hall–Kier alpha value is 0.110. The number of rotatable bonds is 16. The van der Waals surface area contributed by atoms with E-state index < -0.39 is 7.75 Å². The maximum atomic E-state index is 11.7. The van der Waals surface area contributed by atoms with E-state index in [1.165, 1.54) is 51.4 Å². The smallest absolute Gasteiger partial charge is 0.296 e. The summed E-state index contributed by atoms with van der Waals surface area (Å²) in [5.41, 5.74) is 7.53. The van der Waals surface area contributed by atoms with Gasteiger partial charge in [-0.3, -0.25) is 9.05 Å². The summed E-state index contributed by atoms with van der Waals surface area (Å²) < 4.78 is 21.9. The predicted molar refractivity (Wildman–Crippen MR) is 89.4 cm³/mol. The highest BCUT2D eigenvalue weighted by atomic mass is 31.2. The fourth-order valence-corrected chi connectivity index (χ4v) is 2.98. The average molecular weight is 320 g/mol. The first kappa shape index (κ1) is 21.1. The minimum atomic E-state index is -3.57. The molecule has 0 atom stereocenters. The number of hydrogen-bond donors (Lipinski definition) is 0. The summed E-state index contributed by atoms with van der Waals surface area (Å²) in [5.74, 6) is 0. The van der Waals surface area contributed by atoms with Crippen LogP contribution in [0.2, 0.25) is 0 Å². The molecule has 0 aliphatic rings. The Kier molecular flexibility index (Phi) is 15.1. The van der Waals surface area contributed by atoms with Crippen molar-refractivity contribution in [1.29, 1.82) is 0 Å². The molecule has 0 bridgehead atoms. The summed E-state index contributed by atoms with van der Waals surface area (Å²) in [6.45, 7) is 5.15. The predicted octanol–water partition coefficient (Wildman–Crippen LogP) is 6.13. The third kappa shape index (κ3) is 16.3. The summed E-state index contributed by atoms with van der Waals surface area (Å²) in [6.07, 6.45) is 13.8. The molecular weight excluding hydrogens is 285 g/mol. The molecule has 0 saturated heterocycles. The fraction of sp³-hybridized carbons (Fsp3) is 1.00. The normalized spacial score (nSPS) is 12.0. The Morgan fingerprint density at radius 1 is 0.667 bits per heavy atom. The van der Waals surface area contributed by atoms with Crippen molar-refractivity contribution < 1.29 is 13.6 Å². The topological polar surface area (TPSA) is 59.3 Å². The van der Waals surface area contributed by atoms with E-state index in [4.69, 9.17) is 14.6 Å². The van der Waals surface area contributed by atoms with Gasteiger partial charge in [0, 0.05) is 0 Å². The molecule has 0 amide bonds. The molecule has 4 nitrogen and oxygen atoms in total. The van der Waals surface area contributed by atoms with Gasteiger partial charge in [-0.05, 0) is 12.8 Å². The quantitative estimate of drug-likeness (QED) is 0.254. The second kappa shape index (κ2) is 15.0. The molecule has 21 heavy (non-hydrogen) atoms. The maximum Gasteiger partial charge on any atom is 0.419 e. The lowest BCUT2D eigenvalue weighted by Gasteiger charge is -2.12. The van der Waals surface area contributed by atoms with E-state index in [1.54, 1.807) is 0 Å². The van der Waals surface area contributed by atoms with Gasteiger partial charge in [-0.25, -0.2) is 4.57 Å². The first-order valence-electron chi connectivity index (χ1n) is 8.76. The molecule has 0 aliphatic heterocycles. The fourth-order valence-electron chi connectivity index (χ4n) is 2.17. The van der Waals surface area contributed by atoms with Gasteiger partial charge in [0.25, 0.3) is 0 Å². The van der Waals surface area contributed by atoms with Crippen LogP contribution in [0, 0.1) is 0 Å². The van der Waals surface area contributed by atoms with Crippen LogP contribution in [0.5, 0.6) is 0 Å². The van der Waals surface area contributed by atoms with Crippen molar-refractivity contribution in [3.8, 4) is 0 Å². The van der Waals surface area contributed by atoms with Crippen molar-refractivity contribution in [3.05, 3.63) is 0 Å². The van der Waals surface area contributed by atoms with Crippen LogP contribution >= 0.6 is 7.75 Å². The highest BCUT2D eigenvalue weighted by Crippen LogP contribution is 2.42. The zero-order chi connectivity index (χ0) is 15.8. The van der Waals surface area contributed by atoms with Crippen LogP contribution < -0.4 is 5.50 Å². The van der Waals surface area contributed by atoms with Crippen LogP contribution in [0.25, 0.3) is 0 Å². The minimum absolute atomic E-state index is 0.378. The third-order valence-corrected chi connectivity index (χ3v) is 4.56. The molecule has 0 aliphatic carbocycles. The Balaban J connectivity index is 3.37. The van der Waals surface area contributed by atoms with E-state index in [2.05, 4.69) is 13.8 Å². The van der Waals surface area contributed by atoms with E-state index in [9.17, 15) is 4.57 Å². The highest BCUT2D eigenvalue weighted by molar-refractivity contribution is 7.50. The van der Waals surface area contributed by atoms with Gasteiger partial charge in [-0.1, -0.05) is 78.1 Å². The largest absolute Gasteiger partial charge is 0.419 e. The first-order valence-corrected chi connectivity index (χ1v) is 10.3. The van der Waals surface area contributed by atoms with Gasteiger partial charge >= 0.3 is 7.75 Å². The molecule has 0 heterocycles. The Morgan fingerprint density at radius 2 is 1.00 bits per heavy atom. The molecule has 127 valence electrons. The van der Waals surface area contributed by atoms with Crippen molar-refractivity contribution in [2.75, 3.05) is 13.2 Å². The number of nitrogens with one attached hydrogen (secondary N) is 1. The van der Waals surface area contributed by atoms with Gasteiger partial charge in [0.05, 0.1) is 13.2 Å². The molecule has 0 fully saturated rings. The van der Waals surface area contributed by atoms with E-state index >= 15 is 0 Å². The zero-order valence-corrected chi connectivity index (χ0v) is 15.0. The van der Waals surface area contributed by atoms with E-state index in [0.717, 1.165) is 25.7 Å². The Bertz CT molecular complexity index is 240. The number of unbranched alkanes of at least 4 members (excludes halogenated alkanes) is 10. The third-order valence-electron chi connectivity index (χ3n) is 3.52. The number of hydrogen-bond acceptors (Lipinski definition) is 3. The molecule has 0 unspecified atom stereocenters. The Morgan fingerprint density at radius 3 is 1.38 bits per heavy atom. The lowest BCUT2D eigenvalue weighted by Crippen LogP contribution is -2.00. The summed E-state index contributed by atoms with van der Waals surface area (Å²) in [7, 11) is -3.57. The van der Waals surface area contributed by atoms with Crippen molar-refractivity contribution in [2.24, 2.45) is 0 Å². The lowest BCUT2D eigenvalue weighted by atomic mass is 10.1. The van der Waals surface area contributed by atoms with Crippen LogP contribution in [0.15, 0.2) is 0 Å². The minimum Gasteiger partial charge on any atom is -0.296 e. The van der Waals surface area contributed by atoms with Crippen molar-refractivity contribution >= 4 is 7.75 Å². The van der Waals surface area contributed by atoms with Crippen LogP contribution in [0.4, 0.5) is 0 Å². The standard InChI is InChI=1S/C16H35NO3P/c1-3-5-7-9-11-13-15-19-21(17,18)20-16-14-12-10-8-6-4-2/h17H,3-16H2,1-2H3. The maximum absolute atomic E-state index is 11.7. The summed E-state index contributed by atoms with van der Waals surface area (Å²) in [6, 6.07) is 0. The molecule has 0 aromatic rings. The Labute approximate surface area is 131 Å². The second-order valence-corrected chi connectivity index (χ2v) is 7.21. The van der Waals surface area contributed by atoms with Crippen LogP contribution in [0.1, 0.15) is 90.9 Å². The van der Waals surface area contributed by atoms with Crippen LogP contribution in [0.3, 0.4) is 0 Å². The molecule has 1 radical (unpaired) electrons. The van der Waals surface area contributed by atoms with Crippen molar-refractivity contribution in [1.82, 2.24) is 5.50 Å². The summed E-state index contributed by atoms with van der Waals surface area (Å²) >= 11 is 0. The molecular formula is C16H35NO3P. The first-order chi connectivity index (χ1) is 10.1. The monoisotopic (exact) mass is 320 g/mol.